The van der Waals surface area contributed by atoms with Gasteiger partial charge in [0.05, 0.1) is 0 Å². The van der Waals surface area contributed by atoms with E-state index in [-0.39, 0.29) is 12.5 Å². The van der Waals surface area contributed by atoms with E-state index in [0.29, 0.717) is 17.4 Å². The van der Waals surface area contributed by atoms with Gasteiger partial charge in [-0.1, -0.05) is 49.4 Å². The van der Waals surface area contributed by atoms with E-state index in [2.05, 4.69) is 29.1 Å². The first-order valence-electron chi connectivity index (χ1n) is 9.43. The third kappa shape index (κ3) is 4.60. The highest BCUT2D eigenvalue weighted by Gasteiger charge is 2.09. The Bertz CT molecular complexity index is 1100. The van der Waals surface area contributed by atoms with Crippen LogP contribution in [0.15, 0.2) is 66.9 Å². The van der Waals surface area contributed by atoms with Crippen LogP contribution in [0.4, 0.5) is 5.69 Å². The van der Waals surface area contributed by atoms with Crippen LogP contribution in [-0.4, -0.2) is 22.5 Å². The molecule has 4 rings (SSSR count). The first kappa shape index (κ1) is 19.1. The molecule has 0 aliphatic heterocycles. The Morgan fingerprint density at radius 1 is 1.10 bits per heavy atom. The molecule has 0 unspecified atom stereocenters. The predicted octanol–water partition coefficient (Wildman–Crippen LogP) is 5.50. The number of fused-ring (bicyclic) bond motifs is 1. The summed E-state index contributed by atoms with van der Waals surface area (Å²) in [7, 11) is 0. The molecule has 2 heterocycles. The zero-order valence-electron chi connectivity index (χ0n) is 16.3. The fraction of sp³-hybridized carbons (Fsp3) is 0.174. The molecule has 2 aromatic heterocycles. The van der Waals surface area contributed by atoms with Crippen LogP contribution in [0.2, 0.25) is 0 Å². The standard InChI is InChI=1S/C23H21N3O2S/c1-15(2)16-8-10-19(11-9-16)28-14-21(27)25-18-6-3-5-17(13-18)22-26-20-7-4-12-24-23(20)29-22/h3-13,15H,14H2,1-2H3,(H,25,27). The Morgan fingerprint density at radius 2 is 1.93 bits per heavy atom. The Hall–Kier alpha value is -3.25. The molecule has 0 saturated heterocycles. The smallest absolute Gasteiger partial charge is 0.262 e. The van der Waals surface area contributed by atoms with Gasteiger partial charge in [0.15, 0.2) is 6.61 Å². The fourth-order valence-electron chi connectivity index (χ4n) is 2.92. The van der Waals surface area contributed by atoms with Gasteiger partial charge in [-0.25, -0.2) is 9.97 Å². The summed E-state index contributed by atoms with van der Waals surface area (Å²) in [6, 6.07) is 19.3. The minimum Gasteiger partial charge on any atom is -0.484 e. The number of thiazole rings is 1. The van der Waals surface area contributed by atoms with Crippen LogP contribution in [-0.2, 0) is 4.79 Å². The van der Waals surface area contributed by atoms with Gasteiger partial charge in [-0.2, -0.15) is 0 Å². The van der Waals surface area contributed by atoms with Crippen molar-refractivity contribution in [2.24, 2.45) is 0 Å². The molecule has 6 heteroatoms. The number of aromatic nitrogens is 2. The second kappa shape index (κ2) is 8.41. The van der Waals surface area contributed by atoms with Crippen molar-refractivity contribution in [1.29, 1.82) is 0 Å². The summed E-state index contributed by atoms with van der Waals surface area (Å²) in [6.45, 7) is 4.24. The number of amides is 1. The van der Waals surface area contributed by atoms with Crippen LogP contribution in [0.25, 0.3) is 20.9 Å². The highest BCUT2D eigenvalue weighted by molar-refractivity contribution is 7.21. The molecule has 0 radical (unpaired) electrons. The molecule has 2 aromatic carbocycles. The van der Waals surface area contributed by atoms with Crippen molar-refractivity contribution < 1.29 is 9.53 Å². The van der Waals surface area contributed by atoms with E-state index in [1.807, 2.05) is 60.7 Å². The van der Waals surface area contributed by atoms with Gasteiger partial charge in [0, 0.05) is 17.4 Å². The molecule has 0 aliphatic carbocycles. The lowest BCUT2D eigenvalue weighted by Crippen LogP contribution is -2.20. The number of carbonyl (C=O) groups excluding carboxylic acids is 1. The molecular weight excluding hydrogens is 382 g/mol. The summed E-state index contributed by atoms with van der Waals surface area (Å²) in [6.07, 6.45) is 1.76. The summed E-state index contributed by atoms with van der Waals surface area (Å²) < 4.78 is 5.60. The van der Waals surface area contributed by atoms with Crippen molar-refractivity contribution in [1.82, 2.24) is 9.97 Å². The summed E-state index contributed by atoms with van der Waals surface area (Å²) in [4.78, 5) is 22.1. The molecule has 0 spiro atoms. The van der Waals surface area contributed by atoms with Gasteiger partial charge in [0.2, 0.25) is 0 Å². The molecule has 29 heavy (non-hydrogen) atoms. The average Bonchev–Trinajstić information content (AvgIpc) is 3.17. The Morgan fingerprint density at radius 3 is 2.69 bits per heavy atom. The quantitative estimate of drug-likeness (QED) is 0.462. The Kier molecular flexibility index (Phi) is 5.53. The maximum Gasteiger partial charge on any atom is 0.262 e. The van der Waals surface area contributed by atoms with E-state index < -0.39 is 0 Å². The zero-order chi connectivity index (χ0) is 20.2. The lowest BCUT2D eigenvalue weighted by molar-refractivity contribution is -0.118. The van der Waals surface area contributed by atoms with Crippen LogP contribution < -0.4 is 10.1 Å². The minimum atomic E-state index is -0.207. The first-order chi connectivity index (χ1) is 14.1. The highest BCUT2D eigenvalue weighted by Crippen LogP contribution is 2.30. The lowest BCUT2D eigenvalue weighted by Gasteiger charge is -2.10. The van der Waals surface area contributed by atoms with Crippen LogP contribution in [0.5, 0.6) is 5.75 Å². The summed E-state index contributed by atoms with van der Waals surface area (Å²) in [5.41, 5.74) is 3.76. The summed E-state index contributed by atoms with van der Waals surface area (Å²) in [5, 5.41) is 3.75. The number of pyridine rings is 1. The van der Waals surface area contributed by atoms with Gasteiger partial charge >= 0.3 is 0 Å². The van der Waals surface area contributed by atoms with E-state index in [4.69, 9.17) is 4.74 Å². The third-order valence-electron chi connectivity index (χ3n) is 4.48. The molecule has 0 bridgehead atoms. The zero-order valence-corrected chi connectivity index (χ0v) is 17.1. The Labute approximate surface area is 173 Å². The monoisotopic (exact) mass is 403 g/mol. The van der Waals surface area contributed by atoms with Gasteiger partial charge in [-0.3, -0.25) is 4.79 Å². The number of hydrogen-bond donors (Lipinski definition) is 1. The first-order valence-corrected chi connectivity index (χ1v) is 10.2. The summed E-state index contributed by atoms with van der Waals surface area (Å²) >= 11 is 1.53. The van der Waals surface area contributed by atoms with E-state index in [1.54, 1.807) is 6.20 Å². The molecule has 1 N–H and O–H groups in total. The number of hydrogen-bond acceptors (Lipinski definition) is 5. The normalized spacial score (nSPS) is 11.0. The number of carbonyl (C=O) groups is 1. The summed E-state index contributed by atoms with van der Waals surface area (Å²) in [5.74, 6) is 0.937. The number of rotatable bonds is 6. The van der Waals surface area contributed by atoms with Crippen molar-refractivity contribution >= 4 is 33.3 Å². The number of ether oxygens (including phenoxy) is 1. The van der Waals surface area contributed by atoms with E-state index in [1.165, 1.54) is 16.9 Å². The number of nitrogens with one attached hydrogen (secondary N) is 1. The maximum absolute atomic E-state index is 12.3. The van der Waals surface area contributed by atoms with Crippen molar-refractivity contribution in [3.05, 3.63) is 72.4 Å². The van der Waals surface area contributed by atoms with Gasteiger partial charge in [0.25, 0.3) is 5.91 Å². The van der Waals surface area contributed by atoms with Crippen molar-refractivity contribution in [2.45, 2.75) is 19.8 Å². The van der Waals surface area contributed by atoms with E-state index >= 15 is 0 Å². The van der Waals surface area contributed by atoms with Gasteiger partial charge in [-0.05, 0) is 47.9 Å². The van der Waals surface area contributed by atoms with Crippen LogP contribution in [0.3, 0.4) is 0 Å². The van der Waals surface area contributed by atoms with Crippen LogP contribution in [0, 0.1) is 0 Å². The number of nitrogens with zero attached hydrogens (tertiary/aromatic N) is 2. The minimum absolute atomic E-state index is 0.0453. The molecule has 0 aliphatic rings. The van der Waals surface area contributed by atoms with Gasteiger partial charge in [-0.15, -0.1) is 0 Å². The molecule has 0 atom stereocenters. The largest absolute Gasteiger partial charge is 0.484 e. The third-order valence-corrected chi connectivity index (χ3v) is 5.50. The molecule has 0 saturated carbocycles. The number of benzene rings is 2. The predicted molar refractivity (Wildman–Crippen MR) is 118 cm³/mol. The Balaban J connectivity index is 1.40. The lowest BCUT2D eigenvalue weighted by atomic mass is 10.0. The van der Waals surface area contributed by atoms with E-state index in [9.17, 15) is 4.79 Å². The fourth-order valence-corrected chi connectivity index (χ4v) is 3.82. The second-order valence-corrected chi connectivity index (χ2v) is 7.97. The molecule has 4 aromatic rings. The van der Waals surface area contributed by atoms with Gasteiger partial charge < -0.3 is 10.1 Å². The SMILES string of the molecule is CC(C)c1ccc(OCC(=O)Nc2cccc(-c3nc4cccnc4s3)c2)cc1. The van der Waals surface area contributed by atoms with Crippen molar-refractivity contribution in [2.75, 3.05) is 11.9 Å². The molecule has 1 amide bonds. The van der Waals surface area contributed by atoms with Crippen LogP contribution >= 0.6 is 11.3 Å². The van der Waals surface area contributed by atoms with Gasteiger partial charge in [0.1, 0.15) is 21.1 Å². The molecule has 146 valence electrons. The van der Waals surface area contributed by atoms with Crippen molar-refractivity contribution in [3.8, 4) is 16.3 Å². The van der Waals surface area contributed by atoms with Crippen molar-refractivity contribution in [3.63, 3.8) is 0 Å². The molecule has 0 fully saturated rings. The second-order valence-electron chi connectivity index (χ2n) is 6.99. The maximum atomic E-state index is 12.3. The molecular formula is C23H21N3O2S. The topological polar surface area (TPSA) is 64.1 Å². The van der Waals surface area contributed by atoms with Crippen LogP contribution in [0.1, 0.15) is 25.3 Å². The van der Waals surface area contributed by atoms with E-state index in [0.717, 1.165) is 20.9 Å². The number of anilines is 1. The molecule has 5 nitrogen and oxygen atoms in total. The highest BCUT2D eigenvalue weighted by atomic mass is 32.1. The average molecular weight is 404 g/mol.